The predicted octanol–water partition coefficient (Wildman–Crippen LogP) is 4.38. The number of fused-ring (bicyclic) bond motifs is 2. The smallest absolute Gasteiger partial charge is 0.321 e. The lowest BCUT2D eigenvalue weighted by atomic mass is 9.88. The first-order valence-corrected chi connectivity index (χ1v) is 9.59. The van der Waals surface area contributed by atoms with E-state index in [1.165, 1.54) is 23.3 Å². The highest BCUT2D eigenvalue weighted by Crippen LogP contribution is 2.37. The van der Waals surface area contributed by atoms with Gasteiger partial charge in [0.25, 0.3) is 0 Å². The molecule has 0 spiro atoms. The van der Waals surface area contributed by atoms with E-state index in [0.29, 0.717) is 6.54 Å². The topological polar surface area (TPSA) is 42.4 Å². The summed E-state index contributed by atoms with van der Waals surface area (Å²) < 4.78 is 19.0. The van der Waals surface area contributed by atoms with E-state index in [1.54, 1.807) is 12.3 Å². The average molecular weight is 386 g/mol. The zero-order valence-electron chi connectivity index (χ0n) is 15.7. The van der Waals surface area contributed by atoms with E-state index in [0.717, 1.165) is 23.4 Å². The second-order valence-corrected chi connectivity index (χ2v) is 7.36. The molecular weight excluding hydrogens is 367 g/mol. The molecule has 1 fully saturated rings. The second kappa shape index (κ2) is 7.26. The number of aromatic nitrogens is 1. The first-order valence-electron chi connectivity index (χ1n) is 9.59. The zero-order valence-corrected chi connectivity index (χ0v) is 15.7. The van der Waals surface area contributed by atoms with Crippen LogP contribution in [0.5, 0.6) is 0 Å². The fourth-order valence-electron chi connectivity index (χ4n) is 4.06. The molecule has 3 heterocycles. The number of carbonyl (C=O) groups excluding carboxylic acids is 1. The fraction of sp³-hybridized carbons (Fsp3) is 0.167. The lowest BCUT2D eigenvalue weighted by molar-refractivity contribution is -0.142. The Bertz CT molecular complexity index is 1090. The summed E-state index contributed by atoms with van der Waals surface area (Å²) in [5.74, 6) is -0.489. The van der Waals surface area contributed by atoms with Gasteiger partial charge < -0.3 is 4.74 Å². The first kappa shape index (κ1) is 17.8. The van der Waals surface area contributed by atoms with Crippen LogP contribution in [0.15, 0.2) is 72.9 Å². The molecule has 0 amide bonds. The van der Waals surface area contributed by atoms with E-state index in [9.17, 15) is 9.18 Å². The molecular formula is C24H19FN2O2. The monoisotopic (exact) mass is 386 g/mol. The van der Waals surface area contributed by atoms with Crippen molar-refractivity contribution < 1.29 is 13.9 Å². The van der Waals surface area contributed by atoms with Gasteiger partial charge in [-0.2, -0.15) is 0 Å². The van der Waals surface area contributed by atoms with Crippen LogP contribution in [-0.4, -0.2) is 28.6 Å². The Morgan fingerprint density at radius 3 is 2.79 bits per heavy atom. The fourth-order valence-corrected chi connectivity index (χ4v) is 4.06. The molecule has 2 aromatic carbocycles. The summed E-state index contributed by atoms with van der Waals surface area (Å²) in [6, 6.07) is 18.5. The van der Waals surface area contributed by atoms with Crippen molar-refractivity contribution in [2.24, 2.45) is 0 Å². The van der Waals surface area contributed by atoms with Crippen LogP contribution in [0.25, 0.3) is 17.3 Å². The van der Waals surface area contributed by atoms with Gasteiger partial charge in [0.2, 0.25) is 0 Å². The molecule has 1 unspecified atom stereocenters. The summed E-state index contributed by atoms with van der Waals surface area (Å²) in [7, 11) is 0. The third-order valence-corrected chi connectivity index (χ3v) is 5.44. The number of hydrogen-bond acceptors (Lipinski definition) is 4. The number of hydrogen-bond donors (Lipinski definition) is 0. The van der Waals surface area contributed by atoms with Crippen LogP contribution in [-0.2, 0) is 16.1 Å². The lowest BCUT2D eigenvalue weighted by Crippen LogP contribution is -2.38. The van der Waals surface area contributed by atoms with Crippen molar-refractivity contribution in [3.05, 3.63) is 95.4 Å². The van der Waals surface area contributed by atoms with Crippen LogP contribution in [0.1, 0.15) is 22.6 Å². The quantitative estimate of drug-likeness (QED) is 0.627. The molecule has 0 bridgehead atoms. The molecule has 0 aliphatic carbocycles. The molecule has 3 aromatic rings. The summed E-state index contributed by atoms with van der Waals surface area (Å²) in [5.41, 5.74) is 4.81. The molecule has 5 heteroatoms. The van der Waals surface area contributed by atoms with Gasteiger partial charge in [-0.05, 0) is 34.9 Å². The molecule has 5 rings (SSSR count). The van der Waals surface area contributed by atoms with Gasteiger partial charge in [-0.25, -0.2) is 4.39 Å². The number of halogens is 1. The Hall–Kier alpha value is -3.31. The normalized spacial score (nSPS) is 21.1. The molecule has 0 radical (unpaired) electrons. The molecule has 0 saturated carbocycles. The summed E-state index contributed by atoms with van der Waals surface area (Å²) in [4.78, 5) is 18.4. The maximum absolute atomic E-state index is 13.4. The van der Waals surface area contributed by atoms with E-state index >= 15 is 0 Å². The van der Waals surface area contributed by atoms with Crippen LogP contribution in [0, 0.1) is 5.82 Å². The molecule has 29 heavy (non-hydrogen) atoms. The highest BCUT2D eigenvalue weighted by atomic mass is 19.1. The molecule has 0 N–H and O–H groups in total. The highest BCUT2D eigenvalue weighted by molar-refractivity contribution is 5.74. The van der Waals surface area contributed by atoms with Crippen molar-refractivity contribution >= 4 is 12.0 Å². The second-order valence-electron chi connectivity index (χ2n) is 7.36. The van der Waals surface area contributed by atoms with Crippen LogP contribution in [0.3, 0.4) is 0 Å². The number of esters is 1. The SMILES string of the molecule is O=C1CN2Cc3ccccc3C(C=Cc3ccc(-c4cccc(F)c4)nc3)[C@H]2O1. The van der Waals surface area contributed by atoms with Crippen molar-refractivity contribution in [1.29, 1.82) is 0 Å². The van der Waals surface area contributed by atoms with Crippen molar-refractivity contribution in [2.75, 3.05) is 6.54 Å². The number of ether oxygens (including phenoxy) is 1. The van der Waals surface area contributed by atoms with Crippen molar-refractivity contribution in [3.8, 4) is 11.3 Å². The van der Waals surface area contributed by atoms with Gasteiger partial charge in [0, 0.05) is 18.3 Å². The summed E-state index contributed by atoms with van der Waals surface area (Å²) in [6.07, 6.45) is 5.57. The van der Waals surface area contributed by atoms with Gasteiger partial charge >= 0.3 is 5.97 Å². The largest absolute Gasteiger partial charge is 0.444 e. The highest BCUT2D eigenvalue weighted by Gasteiger charge is 2.41. The number of pyridine rings is 1. The Kier molecular flexibility index (Phi) is 4.45. The molecule has 1 saturated heterocycles. The van der Waals surface area contributed by atoms with Gasteiger partial charge in [-0.1, -0.05) is 54.6 Å². The zero-order chi connectivity index (χ0) is 19.8. The molecule has 2 aliphatic rings. The Balaban J connectivity index is 1.42. The van der Waals surface area contributed by atoms with Gasteiger partial charge in [-0.15, -0.1) is 0 Å². The number of nitrogens with zero attached hydrogens (tertiary/aromatic N) is 2. The Morgan fingerprint density at radius 1 is 1.07 bits per heavy atom. The van der Waals surface area contributed by atoms with E-state index in [-0.39, 0.29) is 23.9 Å². The standard InChI is InChI=1S/C24H19FN2O2/c25-19-6-3-5-17(12-19)22-11-9-16(13-26-22)8-10-21-20-7-2-1-4-18(20)14-27-15-23(28)29-24(21)27/h1-13,21,24H,14-15H2/t21?,24-/m1/s1. The Labute approximate surface area is 168 Å². The van der Waals surface area contributed by atoms with Crippen molar-refractivity contribution in [3.63, 3.8) is 0 Å². The molecule has 2 atom stereocenters. The van der Waals surface area contributed by atoms with Gasteiger partial charge in [-0.3, -0.25) is 14.7 Å². The van der Waals surface area contributed by atoms with E-state index < -0.39 is 0 Å². The van der Waals surface area contributed by atoms with E-state index in [2.05, 4.69) is 28.1 Å². The predicted molar refractivity (Wildman–Crippen MR) is 108 cm³/mol. The minimum absolute atomic E-state index is 0.0331. The lowest BCUT2D eigenvalue weighted by Gasteiger charge is -2.34. The molecule has 144 valence electrons. The van der Waals surface area contributed by atoms with Gasteiger partial charge in [0.15, 0.2) is 6.23 Å². The average Bonchev–Trinajstić information content (AvgIpc) is 3.11. The maximum atomic E-state index is 13.4. The minimum Gasteiger partial charge on any atom is -0.444 e. The third kappa shape index (κ3) is 3.45. The van der Waals surface area contributed by atoms with Gasteiger partial charge in [0.05, 0.1) is 11.6 Å². The molecule has 4 nitrogen and oxygen atoms in total. The van der Waals surface area contributed by atoms with Gasteiger partial charge in [0.1, 0.15) is 12.4 Å². The number of benzene rings is 2. The van der Waals surface area contributed by atoms with Crippen molar-refractivity contribution in [1.82, 2.24) is 9.88 Å². The van der Waals surface area contributed by atoms with Crippen LogP contribution in [0.2, 0.25) is 0 Å². The van der Waals surface area contributed by atoms with Crippen LogP contribution >= 0.6 is 0 Å². The maximum Gasteiger partial charge on any atom is 0.321 e. The number of rotatable bonds is 3. The third-order valence-electron chi connectivity index (χ3n) is 5.44. The first-order chi connectivity index (χ1) is 14.2. The van der Waals surface area contributed by atoms with Crippen LogP contribution in [0.4, 0.5) is 4.39 Å². The summed E-state index contributed by atoms with van der Waals surface area (Å²) >= 11 is 0. The minimum atomic E-state index is -0.278. The van der Waals surface area contributed by atoms with E-state index in [1.807, 2.05) is 36.4 Å². The summed E-state index contributed by atoms with van der Waals surface area (Å²) in [5, 5.41) is 0. The van der Waals surface area contributed by atoms with Crippen molar-refractivity contribution in [2.45, 2.75) is 18.7 Å². The van der Waals surface area contributed by atoms with E-state index in [4.69, 9.17) is 4.74 Å². The summed E-state index contributed by atoms with van der Waals surface area (Å²) in [6.45, 7) is 1.05. The van der Waals surface area contributed by atoms with Crippen LogP contribution < -0.4 is 0 Å². The molecule has 1 aromatic heterocycles. The number of carbonyl (C=O) groups is 1. The molecule has 2 aliphatic heterocycles. The Morgan fingerprint density at radius 2 is 1.97 bits per heavy atom.